The van der Waals surface area contributed by atoms with Crippen LogP contribution in [0.4, 0.5) is 19.3 Å². The number of fused-ring (bicyclic) bond motifs is 1. The van der Waals surface area contributed by atoms with E-state index in [9.17, 15) is 13.6 Å². The van der Waals surface area contributed by atoms with Crippen LogP contribution in [0.1, 0.15) is 17.5 Å². The summed E-state index contributed by atoms with van der Waals surface area (Å²) in [5.41, 5.74) is 3.48. The van der Waals surface area contributed by atoms with Gasteiger partial charge in [0.1, 0.15) is 0 Å². The van der Waals surface area contributed by atoms with Crippen LogP contribution in [0, 0.1) is 17.6 Å². The van der Waals surface area contributed by atoms with Crippen LogP contribution in [-0.4, -0.2) is 50.2 Å². The number of anilines is 1. The Labute approximate surface area is 176 Å². The van der Waals surface area contributed by atoms with Gasteiger partial charge in [-0.1, -0.05) is 24.3 Å². The molecule has 5 nitrogen and oxygen atoms in total. The van der Waals surface area contributed by atoms with Crippen molar-refractivity contribution in [3.63, 3.8) is 0 Å². The molecule has 2 aliphatic heterocycles. The molecule has 2 amide bonds. The fraction of sp³-hybridized carbons (Fsp3) is 0.435. The maximum Gasteiger partial charge on any atom is 0.314 e. The summed E-state index contributed by atoms with van der Waals surface area (Å²) in [4.78, 5) is 16.5. The molecule has 1 atom stereocenters. The second-order valence-corrected chi connectivity index (χ2v) is 8.13. The van der Waals surface area contributed by atoms with Gasteiger partial charge in [-0.15, -0.1) is 0 Å². The second-order valence-electron chi connectivity index (χ2n) is 8.13. The molecule has 2 aliphatic rings. The standard InChI is InChI=1S/C23H28F2N4O/c24-21-6-5-20(13-22(21)25)29-11-7-17(15-29)14-27-23(30)26-9-12-28-10-8-18-3-1-2-4-19(18)16-28/h1-6,13,17H,7-12,14-16H2,(H2,26,27,30)/t17-/m1/s1. The van der Waals surface area contributed by atoms with Gasteiger partial charge in [-0.25, -0.2) is 13.6 Å². The Balaban J connectivity index is 1.14. The van der Waals surface area contributed by atoms with Crippen LogP contribution >= 0.6 is 0 Å². The first kappa shape index (κ1) is 20.6. The highest BCUT2D eigenvalue weighted by Crippen LogP contribution is 2.25. The number of urea groups is 1. The molecule has 2 aromatic rings. The monoisotopic (exact) mass is 414 g/mol. The quantitative estimate of drug-likeness (QED) is 0.764. The Morgan fingerprint density at radius 1 is 1.03 bits per heavy atom. The average Bonchev–Trinajstić information content (AvgIpc) is 3.23. The number of rotatable bonds is 6. The Hall–Kier alpha value is -2.67. The number of carbonyl (C=O) groups excluding carboxylic acids is 1. The highest BCUT2D eigenvalue weighted by Gasteiger charge is 2.24. The molecule has 2 aromatic carbocycles. The van der Waals surface area contributed by atoms with Gasteiger partial charge in [-0.05, 0) is 42.0 Å². The smallest absolute Gasteiger partial charge is 0.314 e. The molecular weight excluding hydrogens is 386 g/mol. The number of hydrogen-bond acceptors (Lipinski definition) is 3. The largest absolute Gasteiger partial charge is 0.371 e. The Kier molecular flexibility index (Phi) is 6.47. The molecule has 1 saturated heterocycles. The minimum absolute atomic E-state index is 0.154. The van der Waals surface area contributed by atoms with Gasteiger partial charge < -0.3 is 15.5 Å². The Morgan fingerprint density at radius 2 is 1.87 bits per heavy atom. The van der Waals surface area contributed by atoms with Crippen LogP contribution in [-0.2, 0) is 13.0 Å². The molecule has 1 fully saturated rings. The van der Waals surface area contributed by atoms with E-state index in [2.05, 4.69) is 39.8 Å². The fourth-order valence-corrected chi connectivity index (χ4v) is 4.29. The summed E-state index contributed by atoms with van der Waals surface area (Å²) in [5.74, 6) is -1.37. The first-order valence-electron chi connectivity index (χ1n) is 10.6. The van der Waals surface area contributed by atoms with E-state index in [-0.39, 0.29) is 6.03 Å². The molecule has 160 valence electrons. The minimum Gasteiger partial charge on any atom is -0.371 e. The van der Waals surface area contributed by atoms with Crippen molar-refractivity contribution in [2.45, 2.75) is 19.4 Å². The van der Waals surface area contributed by atoms with Crippen molar-refractivity contribution in [2.24, 2.45) is 5.92 Å². The van der Waals surface area contributed by atoms with Crippen LogP contribution in [0.2, 0.25) is 0 Å². The third kappa shape index (κ3) is 5.08. The highest BCUT2D eigenvalue weighted by molar-refractivity contribution is 5.73. The van der Waals surface area contributed by atoms with E-state index in [4.69, 9.17) is 0 Å². The predicted molar refractivity (Wildman–Crippen MR) is 114 cm³/mol. The summed E-state index contributed by atoms with van der Waals surface area (Å²) in [5, 5.41) is 5.88. The zero-order valence-electron chi connectivity index (χ0n) is 17.0. The van der Waals surface area contributed by atoms with Gasteiger partial charge in [0.2, 0.25) is 0 Å². The molecule has 0 radical (unpaired) electrons. The normalized spacial score (nSPS) is 18.9. The van der Waals surface area contributed by atoms with Gasteiger partial charge in [0.05, 0.1) is 0 Å². The van der Waals surface area contributed by atoms with Crippen molar-refractivity contribution in [1.82, 2.24) is 15.5 Å². The number of amides is 2. The van der Waals surface area contributed by atoms with Crippen LogP contribution in [0.3, 0.4) is 0 Å². The molecule has 0 aliphatic carbocycles. The Bertz CT molecular complexity index is 891. The SMILES string of the molecule is O=C(NCCN1CCc2ccccc2C1)NC[C@H]1CCN(c2ccc(F)c(F)c2)C1. The Morgan fingerprint density at radius 3 is 2.70 bits per heavy atom. The lowest BCUT2D eigenvalue weighted by molar-refractivity contribution is 0.229. The first-order valence-corrected chi connectivity index (χ1v) is 10.6. The van der Waals surface area contributed by atoms with E-state index in [0.717, 1.165) is 51.6 Å². The summed E-state index contributed by atoms with van der Waals surface area (Å²) in [6.45, 7) is 5.45. The van der Waals surface area contributed by atoms with E-state index in [1.54, 1.807) is 6.07 Å². The zero-order chi connectivity index (χ0) is 20.9. The maximum absolute atomic E-state index is 13.4. The summed E-state index contributed by atoms with van der Waals surface area (Å²) < 4.78 is 26.5. The van der Waals surface area contributed by atoms with E-state index >= 15 is 0 Å². The van der Waals surface area contributed by atoms with E-state index in [1.807, 2.05) is 4.90 Å². The lowest BCUT2D eigenvalue weighted by Crippen LogP contribution is -2.43. The molecule has 7 heteroatoms. The van der Waals surface area contributed by atoms with E-state index in [0.29, 0.717) is 24.7 Å². The van der Waals surface area contributed by atoms with Crippen molar-refractivity contribution in [3.8, 4) is 0 Å². The molecule has 0 spiro atoms. The van der Waals surface area contributed by atoms with Crippen LogP contribution in [0.5, 0.6) is 0 Å². The second kappa shape index (κ2) is 9.43. The number of carbonyl (C=O) groups is 1. The average molecular weight is 415 g/mol. The summed E-state index contributed by atoms with van der Waals surface area (Å²) in [7, 11) is 0. The zero-order valence-corrected chi connectivity index (χ0v) is 17.0. The molecule has 30 heavy (non-hydrogen) atoms. The molecule has 0 aromatic heterocycles. The molecule has 4 rings (SSSR count). The molecule has 0 bridgehead atoms. The third-order valence-corrected chi connectivity index (χ3v) is 6.03. The molecule has 2 heterocycles. The van der Waals surface area contributed by atoms with Gasteiger partial charge in [-0.3, -0.25) is 4.90 Å². The third-order valence-electron chi connectivity index (χ3n) is 6.03. The lowest BCUT2D eigenvalue weighted by Gasteiger charge is -2.28. The van der Waals surface area contributed by atoms with Crippen molar-refractivity contribution in [1.29, 1.82) is 0 Å². The van der Waals surface area contributed by atoms with E-state index < -0.39 is 11.6 Å². The van der Waals surface area contributed by atoms with Crippen LogP contribution < -0.4 is 15.5 Å². The summed E-state index contributed by atoms with van der Waals surface area (Å²) >= 11 is 0. The van der Waals surface area contributed by atoms with Crippen molar-refractivity contribution in [3.05, 3.63) is 65.2 Å². The number of benzene rings is 2. The molecule has 0 saturated carbocycles. The van der Waals surface area contributed by atoms with Gasteiger partial charge in [0.15, 0.2) is 11.6 Å². The highest BCUT2D eigenvalue weighted by atomic mass is 19.2. The van der Waals surface area contributed by atoms with Crippen molar-refractivity contribution >= 4 is 11.7 Å². The topological polar surface area (TPSA) is 47.6 Å². The predicted octanol–water partition coefficient (Wildman–Crippen LogP) is 3.15. The number of halogens is 2. The van der Waals surface area contributed by atoms with Gasteiger partial charge >= 0.3 is 6.03 Å². The van der Waals surface area contributed by atoms with Crippen molar-refractivity contribution < 1.29 is 13.6 Å². The van der Waals surface area contributed by atoms with E-state index in [1.165, 1.54) is 17.2 Å². The van der Waals surface area contributed by atoms with Crippen molar-refractivity contribution in [2.75, 3.05) is 44.2 Å². The summed E-state index contributed by atoms with van der Waals surface area (Å²) in [6, 6.07) is 12.4. The van der Waals surface area contributed by atoms with Gasteiger partial charge in [0.25, 0.3) is 0 Å². The molecular formula is C23H28F2N4O. The minimum atomic E-state index is -0.832. The number of nitrogens with one attached hydrogen (secondary N) is 2. The van der Waals surface area contributed by atoms with Crippen LogP contribution in [0.25, 0.3) is 0 Å². The maximum atomic E-state index is 13.4. The molecule has 2 N–H and O–H groups in total. The number of nitrogens with zero attached hydrogens (tertiary/aromatic N) is 2. The number of hydrogen-bond donors (Lipinski definition) is 2. The van der Waals surface area contributed by atoms with Gasteiger partial charge in [-0.2, -0.15) is 0 Å². The van der Waals surface area contributed by atoms with Crippen LogP contribution in [0.15, 0.2) is 42.5 Å². The fourth-order valence-electron chi connectivity index (χ4n) is 4.29. The van der Waals surface area contributed by atoms with Gasteiger partial charge in [0, 0.05) is 57.6 Å². The first-order chi connectivity index (χ1) is 14.6. The summed E-state index contributed by atoms with van der Waals surface area (Å²) in [6.07, 6.45) is 1.96. The lowest BCUT2D eigenvalue weighted by atomic mass is 10.00. The molecule has 0 unspecified atom stereocenters.